The first-order valence-corrected chi connectivity index (χ1v) is 17.8. The first-order chi connectivity index (χ1) is 23.3. The molecule has 3 amide bonds. The Morgan fingerprint density at radius 1 is 0.837 bits per heavy atom. The summed E-state index contributed by atoms with van der Waals surface area (Å²) in [5.74, 6) is 0.571. The summed E-state index contributed by atoms with van der Waals surface area (Å²) in [6.07, 6.45) is 6.08. The van der Waals surface area contributed by atoms with E-state index in [0.29, 0.717) is 63.3 Å². The summed E-state index contributed by atoms with van der Waals surface area (Å²) in [5, 5.41) is 8.49. The molecule has 3 aliphatic carbocycles. The van der Waals surface area contributed by atoms with Crippen LogP contribution in [0, 0.1) is 5.41 Å². The van der Waals surface area contributed by atoms with Crippen molar-refractivity contribution < 1.29 is 28.6 Å². The molecule has 0 aliphatic heterocycles. The third-order valence-electron chi connectivity index (χ3n) is 9.47. The number of H-pyrrole nitrogens is 1. The lowest BCUT2D eigenvalue weighted by Gasteiger charge is -2.51. The van der Waals surface area contributed by atoms with E-state index >= 15 is 0 Å². The molecule has 4 N–H and O–H groups in total. The van der Waals surface area contributed by atoms with Crippen LogP contribution in [0.15, 0.2) is 9.59 Å². The first kappa shape index (κ1) is 38.1. The van der Waals surface area contributed by atoms with Gasteiger partial charge in [-0.3, -0.25) is 23.5 Å². The molecule has 0 atom stereocenters. The fourth-order valence-corrected chi connectivity index (χ4v) is 6.83. The fraction of sp³-hybridized carbons (Fsp3) is 0.765. The van der Waals surface area contributed by atoms with Crippen molar-refractivity contribution >= 4 is 29.1 Å². The highest BCUT2D eigenvalue weighted by atomic mass is 16.6. The van der Waals surface area contributed by atoms with Gasteiger partial charge in [-0.1, -0.05) is 13.8 Å². The summed E-state index contributed by atoms with van der Waals surface area (Å²) in [7, 11) is 0. The maximum atomic E-state index is 13.3. The van der Waals surface area contributed by atoms with Gasteiger partial charge in [-0.05, 0) is 78.6 Å². The molecule has 0 aromatic carbocycles. The van der Waals surface area contributed by atoms with Gasteiger partial charge in [-0.2, -0.15) is 0 Å². The van der Waals surface area contributed by atoms with Crippen molar-refractivity contribution in [2.45, 2.75) is 117 Å². The lowest BCUT2D eigenvalue weighted by atomic mass is 9.53. The van der Waals surface area contributed by atoms with Crippen LogP contribution in [0.5, 0.6) is 0 Å². The van der Waals surface area contributed by atoms with Crippen LogP contribution in [0.1, 0.15) is 98.2 Å². The molecule has 2 aromatic rings. The van der Waals surface area contributed by atoms with E-state index in [4.69, 9.17) is 19.2 Å². The Morgan fingerprint density at radius 2 is 1.47 bits per heavy atom. The molecule has 49 heavy (non-hydrogen) atoms. The summed E-state index contributed by atoms with van der Waals surface area (Å²) in [4.78, 5) is 71.6. The molecule has 0 unspecified atom stereocenters. The Hall–Kier alpha value is -3.72. The third kappa shape index (κ3) is 9.50. The second-order valence-electron chi connectivity index (χ2n) is 14.3. The van der Waals surface area contributed by atoms with Crippen molar-refractivity contribution in [2.75, 3.05) is 46.1 Å². The van der Waals surface area contributed by atoms with Crippen molar-refractivity contribution in [1.29, 1.82) is 0 Å². The number of fused-ring (bicyclic) bond motifs is 4. The van der Waals surface area contributed by atoms with E-state index in [-0.39, 0.29) is 48.3 Å². The van der Waals surface area contributed by atoms with Crippen LogP contribution in [0.2, 0.25) is 0 Å². The summed E-state index contributed by atoms with van der Waals surface area (Å²) < 4.78 is 18.8. The van der Waals surface area contributed by atoms with E-state index in [9.17, 15) is 24.0 Å². The highest BCUT2D eigenvalue weighted by molar-refractivity contribution is 5.83. The molecule has 0 spiro atoms. The Kier molecular flexibility index (Phi) is 13.1. The Bertz CT molecular complexity index is 1550. The van der Waals surface area contributed by atoms with Gasteiger partial charge in [0, 0.05) is 43.6 Å². The van der Waals surface area contributed by atoms with E-state index in [1.165, 1.54) is 4.57 Å². The Labute approximate surface area is 287 Å². The molecule has 0 saturated heterocycles. The van der Waals surface area contributed by atoms with Crippen LogP contribution in [-0.4, -0.2) is 88.7 Å². The zero-order valence-electron chi connectivity index (χ0n) is 29.8. The Morgan fingerprint density at radius 3 is 2.12 bits per heavy atom. The van der Waals surface area contributed by atoms with Crippen LogP contribution >= 0.6 is 0 Å². The van der Waals surface area contributed by atoms with Gasteiger partial charge in [-0.15, -0.1) is 0 Å². The predicted octanol–water partition coefficient (Wildman–Crippen LogP) is 2.48. The van der Waals surface area contributed by atoms with Crippen LogP contribution in [-0.2, 0) is 42.3 Å². The number of amides is 3. The quantitative estimate of drug-likeness (QED) is 0.171. The highest BCUT2D eigenvalue weighted by Gasteiger charge is 2.54. The van der Waals surface area contributed by atoms with E-state index in [2.05, 4.69) is 20.9 Å². The van der Waals surface area contributed by atoms with Gasteiger partial charge in [0.05, 0.1) is 19.8 Å². The minimum Gasteiger partial charge on any atom is -0.444 e. The maximum Gasteiger partial charge on any atom is 0.407 e. The second kappa shape index (κ2) is 16.8. The molecule has 3 fully saturated rings. The second-order valence-corrected chi connectivity index (χ2v) is 14.3. The molecule has 274 valence electrons. The van der Waals surface area contributed by atoms with Crippen molar-refractivity contribution in [3.05, 3.63) is 26.7 Å². The number of aromatic amines is 1. The zero-order chi connectivity index (χ0) is 35.7. The Balaban J connectivity index is 1.14. The van der Waals surface area contributed by atoms with Gasteiger partial charge >= 0.3 is 11.8 Å². The number of carbonyl (C=O) groups is 3. The monoisotopic (exact) mass is 689 g/mol. The topological polar surface area (TPSA) is 188 Å². The van der Waals surface area contributed by atoms with Gasteiger partial charge < -0.3 is 35.1 Å². The smallest absolute Gasteiger partial charge is 0.407 e. The number of ether oxygens (including phenoxy) is 3. The van der Waals surface area contributed by atoms with E-state index < -0.39 is 17.1 Å². The molecule has 2 heterocycles. The summed E-state index contributed by atoms with van der Waals surface area (Å²) in [6.45, 7) is 12.1. The maximum absolute atomic E-state index is 13.3. The normalized spacial score (nSPS) is 20.3. The number of aromatic nitrogens is 4. The molecule has 3 aliphatic rings. The highest BCUT2D eigenvalue weighted by Crippen LogP contribution is 2.57. The van der Waals surface area contributed by atoms with E-state index in [1.54, 1.807) is 25.3 Å². The molecule has 2 bridgehead atoms. The van der Waals surface area contributed by atoms with E-state index in [1.807, 2.05) is 13.8 Å². The van der Waals surface area contributed by atoms with Crippen molar-refractivity contribution in [1.82, 2.24) is 35.1 Å². The molecule has 15 nitrogen and oxygen atoms in total. The SMILES string of the molecule is CCCn1c(=O)c2[nH]c(C34CCC(C(=O)NCCCNC(=O)COCCOCCNC(=O)OC(C)(C)C)(CC3)CC4)nc2n(CCC)c1=O. The third-order valence-corrected chi connectivity index (χ3v) is 9.47. The lowest BCUT2D eigenvalue weighted by molar-refractivity contribution is -0.138. The fourth-order valence-electron chi connectivity index (χ4n) is 6.83. The van der Waals surface area contributed by atoms with E-state index in [0.717, 1.165) is 50.8 Å². The van der Waals surface area contributed by atoms with Crippen LogP contribution < -0.4 is 27.2 Å². The summed E-state index contributed by atoms with van der Waals surface area (Å²) in [5.41, 5.74) is -1.02. The van der Waals surface area contributed by atoms with Gasteiger partial charge in [-0.25, -0.2) is 14.6 Å². The molecular weight excluding hydrogens is 634 g/mol. The van der Waals surface area contributed by atoms with Gasteiger partial charge in [0.25, 0.3) is 5.56 Å². The lowest BCUT2D eigenvalue weighted by Crippen LogP contribution is -2.52. The standard InChI is InChI=1S/C34H55N7O8/c1-6-18-40-26-25(27(43)41(19-7-2)31(40)46)38-28(39-26)33-9-12-34(13-10-33,14-11-33)29(44)36-16-8-15-35-24(42)23-48-22-21-47-20-17-37-30(45)49-32(3,4)5/h6-23H2,1-5H3,(H,35,42)(H,36,44)(H,37,45)(H,38,39). The largest absolute Gasteiger partial charge is 0.444 e. The minimum atomic E-state index is -0.555. The minimum absolute atomic E-state index is 0.0561. The number of aryl methyl sites for hydroxylation is 1. The molecule has 3 saturated carbocycles. The van der Waals surface area contributed by atoms with Crippen molar-refractivity contribution in [3.63, 3.8) is 0 Å². The average molecular weight is 690 g/mol. The number of rotatable bonds is 18. The number of hydrogen-bond acceptors (Lipinski definition) is 9. The predicted molar refractivity (Wildman–Crippen MR) is 184 cm³/mol. The van der Waals surface area contributed by atoms with Gasteiger partial charge in [0.2, 0.25) is 11.8 Å². The number of carbonyl (C=O) groups excluding carboxylic acids is 3. The number of imidazole rings is 1. The molecule has 2 aromatic heterocycles. The zero-order valence-corrected chi connectivity index (χ0v) is 29.8. The number of alkyl carbamates (subject to hydrolysis) is 1. The summed E-state index contributed by atoms with van der Waals surface area (Å²) >= 11 is 0. The van der Waals surface area contributed by atoms with Gasteiger partial charge in [0.1, 0.15) is 23.5 Å². The van der Waals surface area contributed by atoms with Gasteiger partial charge in [0.15, 0.2) is 5.65 Å². The molecule has 5 rings (SSSR count). The molecule has 15 heteroatoms. The number of nitrogens with one attached hydrogen (secondary N) is 4. The van der Waals surface area contributed by atoms with Crippen molar-refractivity contribution in [3.8, 4) is 0 Å². The van der Waals surface area contributed by atoms with Crippen molar-refractivity contribution in [2.24, 2.45) is 5.41 Å². The molecular formula is C34H55N7O8. The molecule has 0 radical (unpaired) electrons. The number of hydrogen-bond donors (Lipinski definition) is 4. The van der Waals surface area contributed by atoms with Crippen LogP contribution in [0.25, 0.3) is 11.2 Å². The number of nitrogens with zero attached hydrogens (tertiary/aromatic N) is 3. The first-order valence-electron chi connectivity index (χ1n) is 17.8. The average Bonchev–Trinajstić information content (AvgIpc) is 3.53. The van der Waals surface area contributed by atoms with Crippen LogP contribution in [0.4, 0.5) is 4.79 Å². The van der Waals surface area contributed by atoms with Crippen LogP contribution in [0.3, 0.4) is 0 Å². The summed E-state index contributed by atoms with van der Waals surface area (Å²) in [6, 6.07) is 0.